The summed E-state index contributed by atoms with van der Waals surface area (Å²) in [5.74, 6) is -0.323. The summed E-state index contributed by atoms with van der Waals surface area (Å²) in [4.78, 5) is 32.1. The summed E-state index contributed by atoms with van der Waals surface area (Å²) in [6.07, 6.45) is 0. The smallest absolute Gasteiger partial charge is 0.271 e. The maximum Gasteiger partial charge on any atom is 0.271 e. The van der Waals surface area contributed by atoms with Gasteiger partial charge in [0.15, 0.2) is 5.82 Å². The highest BCUT2D eigenvalue weighted by Crippen LogP contribution is 2.29. The molecule has 4 rings (SSSR count). The van der Waals surface area contributed by atoms with Crippen LogP contribution < -0.4 is 5.32 Å². The van der Waals surface area contributed by atoms with Crippen LogP contribution in [0.3, 0.4) is 0 Å². The van der Waals surface area contributed by atoms with Crippen molar-refractivity contribution in [1.29, 1.82) is 0 Å². The van der Waals surface area contributed by atoms with Crippen molar-refractivity contribution in [1.82, 2.24) is 9.97 Å². The Morgan fingerprint density at radius 1 is 1.09 bits per heavy atom. The first-order valence-electron chi connectivity index (χ1n) is 9.61. The second-order valence-electron chi connectivity index (χ2n) is 6.97. The lowest BCUT2D eigenvalue weighted by molar-refractivity contribution is -0.384. The van der Waals surface area contributed by atoms with Crippen LogP contribution in [0.25, 0.3) is 22.3 Å². The van der Waals surface area contributed by atoms with Gasteiger partial charge in [0.2, 0.25) is 5.91 Å². The van der Waals surface area contributed by atoms with Gasteiger partial charge in [0, 0.05) is 23.1 Å². The molecule has 0 bridgehead atoms. The number of anilines is 1. The van der Waals surface area contributed by atoms with Crippen molar-refractivity contribution in [3.63, 3.8) is 0 Å². The first-order chi connectivity index (χ1) is 15.4. The van der Waals surface area contributed by atoms with Crippen LogP contribution in [-0.2, 0) is 4.79 Å². The number of carbonyl (C=O) groups is 1. The molecule has 3 aromatic carbocycles. The van der Waals surface area contributed by atoms with Crippen LogP contribution in [0.2, 0.25) is 0 Å². The lowest BCUT2D eigenvalue weighted by Crippen LogP contribution is -2.15. The SMILES string of the molecule is Cc1ccc([N+](=O)[O-])cc1NC(=O)CSc1nc(-c2ccccc2)nc2ccc(F)cc12. The van der Waals surface area contributed by atoms with Crippen molar-refractivity contribution in [3.8, 4) is 11.4 Å². The van der Waals surface area contributed by atoms with E-state index in [9.17, 15) is 19.3 Å². The zero-order valence-electron chi connectivity index (χ0n) is 16.9. The third-order valence-electron chi connectivity index (χ3n) is 4.70. The van der Waals surface area contributed by atoms with Gasteiger partial charge in [-0.15, -0.1) is 0 Å². The number of nitro groups is 1. The minimum atomic E-state index is -0.517. The van der Waals surface area contributed by atoms with Gasteiger partial charge in [-0.3, -0.25) is 14.9 Å². The number of carbonyl (C=O) groups excluding carboxylic acids is 1. The molecule has 0 atom stereocenters. The molecule has 1 heterocycles. The van der Waals surface area contributed by atoms with Crippen molar-refractivity contribution in [2.75, 3.05) is 11.1 Å². The highest BCUT2D eigenvalue weighted by Gasteiger charge is 2.15. The van der Waals surface area contributed by atoms with E-state index in [1.54, 1.807) is 19.1 Å². The molecule has 32 heavy (non-hydrogen) atoms. The number of non-ortho nitro benzene ring substituents is 1. The molecule has 4 aromatic rings. The summed E-state index contributed by atoms with van der Waals surface area (Å²) < 4.78 is 13.9. The number of halogens is 1. The normalized spacial score (nSPS) is 10.8. The van der Waals surface area contributed by atoms with Crippen molar-refractivity contribution in [2.24, 2.45) is 0 Å². The molecular weight excluding hydrogens is 431 g/mol. The van der Waals surface area contributed by atoms with Crippen LogP contribution in [0.15, 0.2) is 71.8 Å². The number of fused-ring (bicyclic) bond motifs is 1. The standard InChI is InChI=1S/C23H17FN4O3S/c1-14-7-9-17(28(30)31)12-20(14)25-21(29)13-32-23-18-11-16(24)8-10-19(18)26-22(27-23)15-5-3-2-4-6-15/h2-12H,13H2,1H3,(H,25,29). The highest BCUT2D eigenvalue weighted by molar-refractivity contribution is 8.00. The summed E-state index contributed by atoms with van der Waals surface area (Å²) in [7, 11) is 0. The van der Waals surface area contributed by atoms with Crippen molar-refractivity contribution in [3.05, 3.63) is 88.2 Å². The van der Waals surface area contributed by atoms with E-state index in [4.69, 9.17) is 0 Å². The molecule has 9 heteroatoms. The molecule has 1 aromatic heterocycles. The lowest BCUT2D eigenvalue weighted by Gasteiger charge is -2.10. The van der Waals surface area contributed by atoms with Gasteiger partial charge >= 0.3 is 0 Å². The summed E-state index contributed by atoms with van der Waals surface area (Å²) in [5, 5.41) is 14.7. The number of thioether (sulfide) groups is 1. The minimum Gasteiger partial charge on any atom is -0.325 e. The monoisotopic (exact) mass is 448 g/mol. The van der Waals surface area contributed by atoms with E-state index in [0.29, 0.717) is 33.0 Å². The van der Waals surface area contributed by atoms with E-state index in [1.807, 2.05) is 30.3 Å². The Labute approximate surface area is 186 Å². The molecule has 0 aliphatic rings. The predicted octanol–water partition coefficient (Wildman–Crippen LogP) is 5.38. The number of nitrogens with one attached hydrogen (secondary N) is 1. The Hall–Kier alpha value is -3.85. The summed E-state index contributed by atoms with van der Waals surface area (Å²) in [6, 6.07) is 17.9. The predicted molar refractivity (Wildman–Crippen MR) is 122 cm³/mol. The zero-order chi connectivity index (χ0) is 22.7. The molecule has 0 aliphatic heterocycles. The summed E-state index contributed by atoms with van der Waals surface area (Å²) >= 11 is 1.15. The second-order valence-corrected chi connectivity index (χ2v) is 7.94. The molecule has 0 spiro atoms. The van der Waals surface area contributed by atoms with Crippen LogP contribution in [-0.4, -0.2) is 26.6 Å². The number of hydrogen-bond donors (Lipinski definition) is 1. The quantitative estimate of drug-likeness (QED) is 0.184. The second kappa shape index (κ2) is 9.11. The maximum absolute atomic E-state index is 13.9. The number of aryl methyl sites for hydroxylation is 1. The van der Waals surface area contributed by atoms with Crippen LogP contribution in [0.4, 0.5) is 15.8 Å². The van der Waals surface area contributed by atoms with Gasteiger partial charge in [-0.05, 0) is 30.7 Å². The van der Waals surface area contributed by atoms with E-state index < -0.39 is 10.7 Å². The van der Waals surface area contributed by atoms with Gasteiger partial charge in [0.25, 0.3) is 5.69 Å². The number of nitrogens with zero attached hydrogens (tertiary/aromatic N) is 3. The molecule has 0 saturated carbocycles. The zero-order valence-corrected chi connectivity index (χ0v) is 17.7. The minimum absolute atomic E-state index is 0.0149. The van der Waals surface area contributed by atoms with E-state index in [1.165, 1.54) is 24.3 Å². The van der Waals surface area contributed by atoms with Gasteiger partial charge in [0.05, 0.1) is 21.9 Å². The van der Waals surface area contributed by atoms with E-state index >= 15 is 0 Å². The molecular formula is C23H17FN4O3S. The summed E-state index contributed by atoms with van der Waals surface area (Å²) in [5.41, 5.74) is 2.33. The molecule has 0 fully saturated rings. The largest absolute Gasteiger partial charge is 0.325 e. The molecule has 160 valence electrons. The number of amides is 1. The Morgan fingerprint density at radius 3 is 2.62 bits per heavy atom. The van der Waals surface area contributed by atoms with Crippen LogP contribution >= 0.6 is 11.8 Å². The van der Waals surface area contributed by atoms with Crippen LogP contribution in [0.5, 0.6) is 0 Å². The number of nitro benzene ring substituents is 1. The van der Waals surface area contributed by atoms with Gasteiger partial charge in [-0.1, -0.05) is 48.2 Å². The molecule has 0 aliphatic carbocycles. The van der Waals surface area contributed by atoms with Gasteiger partial charge in [0.1, 0.15) is 10.8 Å². The molecule has 0 saturated heterocycles. The topological polar surface area (TPSA) is 98.0 Å². The van der Waals surface area contributed by atoms with Crippen molar-refractivity contribution >= 4 is 39.9 Å². The molecule has 7 nitrogen and oxygen atoms in total. The van der Waals surface area contributed by atoms with E-state index in [2.05, 4.69) is 15.3 Å². The number of rotatable bonds is 6. The third kappa shape index (κ3) is 4.73. The van der Waals surface area contributed by atoms with Gasteiger partial charge in [-0.2, -0.15) is 0 Å². The maximum atomic E-state index is 13.9. The lowest BCUT2D eigenvalue weighted by atomic mass is 10.2. The Morgan fingerprint density at radius 2 is 1.88 bits per heavy atom. The van der Waals surface area contributed by atoms with Crippen molar-refractivity contribution in [2.45, 2.75) is 11.9 Å². The average Bonchev–Trinajstić information content (AvgIpc) is 2.79. The fourth-order valence-electron chi connectivity index (χ4n) is 3.08. The van der Waals surface area contributed by atoms with Gasteiger partial charge < -0.3 is 5.32 Å². The highest BCUT2D eigenvalue weighted by atomic mass is 32.2. The Kier molecular flexibility index (Phi) is 6.09. The van der Waals surface area contributed by atoms with Crippen molar-refractivity contribution < 1.29 is 14.1 Å². The molecule has 1 N–H and O–H groups in total. The van der Waals surface area contributed by atoms with E-state index in [-0.39, 0.29) is 17.3 Å². The Balaban J connectivity index is 1.60. The first-order valence-corrected chi connectivity index (χ1v) is 10.6. The first kappa shape index (κ1) is 21.4. The van der Waals surface area contributed by atoms with Crippen LogP contribution in [0.1, 0.15) is 5.56 Å². The fourth-order valence-corrected chi connectivity index (χ4v) is 3.89. The van der Waals surface area contributed by atoms with Gasteiger partial charge in [-0.25, -0.2) is 14.4 Å². The fraction of sp³-hybridized carbons (Fsp3) is 0.0870. The van der Waals surface area contributed by atoms with Crippen LogP contribution in [0, 0.1) is 22.9 Å². The molecule has 1 amide bonds. The molecule has 0 unspecified atom stereocenters. The Bertz CT molecular complexity index is 1330. The number of aromatic nitrogens is 2. The summed E-state index contributed by atoms with van der Waals surface area (Å²) in [6.45, 7) is 1.75. The number of hydrogen-bond acceptors (Lipinski definition) is 6. The average molecular weight is 448 g/mol. The van der Waals surface area contributed by atoms with E-state index in [0.717, 1.165) is 17.3 Å². The number of benzene rings is 3. The molecule has 0 radical (unpaired) electrons. The third-order valence-corrected chi connectivity index (χ3v) is 5.69.